The average molecular weight is 504 g/mol. The van der Waals surface area contributed by atoms with Gasteiger partial charge in [0.25, 0.3) is 0 Å². The van der Waals surface area contributed by atoms with Gasteiger partial charge in [-0.3, -0.25) is 4.90 Å². The molecule has 0 aliphatic carbocycles. The maximum Gasteiger partial charge on any atom is 0.143 e. The molecule has 1 atom stereocenters. The highest BCUT2D eigenvalue weighted by molar-refractivity contribution is 6.30. The van der Waals surface area contributed by atoms with Crippen molar-refractivity contribution in [3.05, 3.63) is 82.9 Å². The number of hydrogen-bond donors (Lipinski definition) is 0. The van der Waals surface area contributed by atoms with Gasteiger partial charge in [0.15, 0.2) is 0 Å². The van der Waals surface area contributed by atoms with Crippen LogP contribution in [0, 0.1) is 0 Å². The topological polar surface area (TPSA) is 28.2 Å². The van der Waals surface area contributed by atoms with Crippen molar-refractivity contribution < 1.29 is 9.47 Å². The van der Waals surface area contributed by atoms with Crippen LogP contribution in [-0.2, 0) is 17.8 Å². The van der Waals surface area contributed by atoms with Gasteiger partial charge in [-0.1, -0.05) is 41.9 Å². The number of rotatable bonds is 6. The Labute approximate surface area is 219 Å². The van der Waals surface area contributed by atoms with E-state index in [1.807, 2.05) is 12.1 Å². The lowest BCUT2D eigenvalue weighted by Gasteiger charge is -2.33. The lowest BCUT2D eigenvalue weighted by atomic mass is 10.1. The van der Waals surface area contributed by atoms with E-state index in [1.54, 1.807) is 0 Å². The van der Waals surface area contributed by atoms with Gasteiger partial charge in [-0.2, -0.15) is 0 Å². The minimum atomic E-state index is 0.491. The van der Waals surface area contributed by atoms with Crippen molar-refractivity contribution in [3.8, 4) is 5.75 Å². The van der Waals surface area contributed by atoms with Crippen LogP contribution in [0.5, 0.6) is 5.75 Å². The van der Waals surface area contributed by atoms with Crippen LogP contribution in [0.4, 0.5) is 17.1 Å². The molecule has 188 valence electrons. The molecule has 0 radical (unpaired) electrons. The predicted octanol–water partition coefficient (Wildman–Crippen LogP) is 5.91. The first-order chi connectivity index (χ1) is 17.7. The highest BCUT2D eigenvalue weighted by atomic mass is 35.5. The largest absolute Gasteiger partial charge is 0.487 e. The van der Waals surface area contributed by atoms with Crippen LogP contribution >= 0.6 is 11.6 Å². The van der Waals surface area contributed by atoms with Crippen LogP contribution in [0.2, 0.25) is 5.02 Å². The number of benzene rings is 3. The highest BCUT2D eigenvalue weighted by Crippen LogP contribution is 2.41. The number of hydrogen-bond acceptors (Lipinski definition) is 5. The van der Waals surface area contributed by atoms with Gasteiger partial charge in [0.05, 0.1) is 18.9 Å². The molecule has 36 heavy (non-hydrogen) atoms. The second-order valence-corrected chi connectivity index (χ2v) is 10.4. The Kier molecular flexibility index (Phi) is 7.04. The molecular weight excluding hydrogens is 470 g/mol. The molecule has 3 aliphatic rings. The molecule has 0 saturated carbocycles. The molecule has 6 heteroatoms. The van der Waals surface area contributed by atoms with Gasteiger partial charge in [-0.05, 0) is 67.8 Å². The van der Waals surface area contributed by atoms with Crippen LogP contribution < -0.4 is 14.5 Å². The number of para-hydroxylation sites is 2. The quantitative estimate of drug-likeness (QED) is 0.416. The summed E-state index contributed by atoms with van der Waals surface area (Å²) in [5.41, 5.74) is 6.21. The number of fused-ring (bicyclic) bond motifs is 2. The minimum Gasteiger partial charge on any atom is -0.487 e. The van der Waals surface area contributed by atoms with E-state index < -0.39 is 0 Å². The van der Waals surface area contributed by atoms with Gasteiger partial charge >= 0.3 is 0 Å². The van der Waals surface area contributed by atoms with Crippen LogP contribution in [-0.4, -0.2) is 56.9 Å². The number of anilines is 3. The number of nitrogens with zero attached hydrogens (tertiary/aromatic N) is 3. The van der Waals surface area contributed by atoms with Crippen LogP contribution in [0.3, 0.4) is 0 Å². The SMILES string of the molecule is Clc1ccc2c(c1)N(CC1CCCN1CCc1cccc(N3CCOCC3)c1)c1ccccc1OC2. The van der Waals surface area contributed by atoms with Gasteiger partial charge < -0.3 is 19.3 Å². The minimum absolute atomic E-state index is 0.491. The molecular formula is C30H34ClN3O2. The highest BCUT2D eigenvalue weighted by Gasteiger charge is 2.30. The molecule has 0 bridgehead atoms. The maximum absolute atomic E-state index is 6.47. The number of morpholine rings is 1. The zero-order chi connectivity index (χ0) is 24.3. The summed E-state index contributed by atoms with van der Waals surface area (Å²) < 4.78 is 11.7. The molecule has 0 amide bonds. The van der Waals surface area contributed by atoms with Crippen molar-refractivity contribution in [3.63, 3.8) is 0 Å². The fourth-order valence-electron chi connectivity index (χ4n) is 5.80. The Bertz CT molecular complexity index is 1200. The van der Waals surface area contributed by atoms with E-state index in [0.29, 0.717) is 12.6 Å². The number of halogens is 1. The third-order valence-corrected chi connectivity index (χ3v) is 7.98. The Morgan fingerprint density at radius 3 is 2.69 bits per heavy atom. The molecule has 3 heterocycles. The van der Waals surface area contributed by atoms with Crippen molar-refractivity contribution >= 4 is 28.7 Å². The summed E-state index contributed by atoms with van der Waals surface area (Å²) in [6.07, 6.45) is 3.52. The predicted molar refractivity (Wildman–Crippen MR) is 147 cm³/mol. The van der Waals surface area contributed by atoms with Gasteiger partial charge in [0.2, 0.25) is 0 Å². The van der Waals surface area contributed by atoms with Gasteiger partial charge in [-0.15, -0.1) is 0 Å². The number of ether oxygens (including phenoxy) is 2. The first-order valence-corrected chi connectivity index (χ1v) is 13.6. The molecule has 3 aromatic rings. The Morgan fingerprint density at radius 2 is 1.78 bits per heavy atom. The smallest absolute Gasteiger partial charge is 0.143 e. The Balaban J connectivity index is 1.19. The average Bonchev–Trinajstić information content (AvgIpc) is 3.31. The molecule has 0 aromatic heterocycles. The molecule has 6 rings (SSSR count). The van der Waals surface area contributed by atoms with Crippen molar-refractivity contribution in [2.45, 2.75) is 31.9 Å². The van der Waals surface area contributed by atoms with E-state index in [4.69, 9.17) is 21.1 Å². The van der Waals surface area contributed by atoms with Crippen LogP contribution in [0.15, 0.2) is 66.7 Å². The lowest BCUT2D eigenvalue weighted by molar-refractivity contribution is 0.122. The summed E-state index contributed by atoms with van der Waals surface area (Å²) in [6, 6.07) is 24.1. The molecule has 0 N–H and O–H groups in total. The van der Waals surface area contributed by atoms with E-state index >= 15 is 0 Å². The molecule has 3 aliphatic heterocycles. The molecule has 1 unspecified atom stereocenters. The lowest BCUT2D eigenvalue weighted by Crippen LogP contribution is -2.39. The van der Waals surface area contributed by atoms with Gasteiger partial charge in [0, 0.05) is 54.2 Å². The normalized spacial score (nSPS) is 20.0. The monoisotopic (exact) mass is 503 g/mol. The van der Waals surface area contributed by atoms with Crippen molar-refractivity contribution in [2.24, 2.45) is 0 Å². The summed E-state index contributed by atoms with van der Waals surface area (Å²) in [5.74, 6) is 0.939. The third-order valence-electron chi connectivity index (χ3n) is 7.74. The summed E-state index contributed by atoms with van der Waals surface area (Å²) in [4.78, 5) is 7.55. The summed E-state index contributed by atoms with van der Waals surface area (Å²) in [7, 11) is 0. The van der Waals surface area contributed by atoms with E-state index in [0.717, 1.165) is 74.5 Å². The fraction of sp³-hybridized carbons (Fsp3) is 0.400. The standard InChI is InChI=1S/C30H34ClN3O2/c31-25-11-10-24-22-36-30-9-2-1-8-28(30)34(29(24)20-25)21-27-7-4-13-32(27)14-12-23-5-3-6-26(19-23)33-15-17-35-18-16-33/h1-3,5-6,8-11,19-20,27H,4,7,12-18,21-22H2. The molecule has 0 spiro atoms. The Hall–Kier alpha value is -2.73. The zero-order valence-electron chi connectivity index (χ0n) is 20.7. The van der Waals surface area contributed by atoms with Gasteiger partial charge in [0.1, 0.15) is 12.4 Å². The molecule has 2 fully saturated rings. The second-order valence-electron chi connectivity index (χ2n) is 9.99. The second kappa shape index (κ2) is 10.7. The number of likely N-dealkylation sites (tertiary alicyclic amines) is 1. The van der Waals surface area contributed by atoms with Crippen molar-refractivity contribution in [1.29, 1.82) is 0 Å². The maximum atomic E-state index is 6.47. The summed E-state index contributed by atoms with van der Waals surface area (Å²) in [6.45, 7) is 7.31. The van der Waals surface area contributed by atoms with E-state index in [2.05, 4.69) is 69.3 Å². The molecule has 5 nitrogen and oxygen atoms in total. The van der Waals surface area contributed by atoms with E-state index in [9.17, 15) is 0 Å². The summed E-state index contributed by atoms with van der Waals surface area (Å²) >= 11 is 6.47. The van der Waals surface area contributed by atoms with Crippen LogP contribution in [0.25, 0.3) is 0 Å². The van der Waals surface area contributed by atoms with Crippen molar-refractivity contribution in [2.75, 3.05) is 55.7 Å². The first-order valence-electron chi connectivity index (χ1n) is 13.2. The van der Waals surface area contributed by atoms with Crippen LogP contribution in [0.1, 0.15) is 24.0 Å². The van der Waals surface area contributed by atoms with Crippen molar-refractivity contribution in [1.82, 2.24) is 4.90 Å². The first kappa shape index (κ1) is 23.7. The van der Waals surface area contributed by atoms with E-state index in [-0.39, 0.29) is 0 Å². The zero-order valence-corrected chi connectivity index (χ0v) is 21.5. The Morgan fingerprint density at radius 1 is 0.889 bits per heavy atom. The molecule has 3 aromatic carbocycles. The molecule has 2 saturated heterocycles. The van der Waals surface area contributed by atoms with Gasteiger partial charge in [-0.25, -0.2) is 0 Å². The fourth-order valence-corrected chi connectivity index (χ4v) is 5.97. The summed E-state index contributed by atoms with van der Waals surface area (Å²) in [5, 5.41) is 0.765. The van der Waals surface area contributed by atoms with E-state index in [1.165, 1.54) is 29.7 Å². The third kappa shape index (κ3) is 5.06.